The quantitative estimate of drug-likeness (QED) is 0.457. The topological polar surface area (TPSA) is 101 Å². The van der Waals surface area contributed by atoms with E-state index in [9.17, 15) is 4.79 Å². The number of carbonyl (C=O) groups is 1. The molecule has 1 aliphatic carbocycles. The number of anilines is 1. The number of benzene rings is 2. The van der Waals surface area contributed by atoms with E-state index < -0.39 is 0 Å². The van der Waals surface area contributed by atoms with Crippen LogP contribution >= 0.6 is 15.9 Å². The minimum absolute atomic E-state index is 0.240. The molecule has 0 radical (unpaired) electrons. The second-order valence-corrected chi connectivity index (χ2v) is 8.52. The summed E-state index contributed by atoms with van der Waals surface area (Å²) in [5, 5.41) is 21.9. The third-order valence-electron chi connectivity index (χ3n) is 5.49. The maximum absolute atomic E-state index is 13.3. The number of fused-ring (bicyclic) bond motifs is 1. The molecule has 1 aliphatic rings. The van der Waals surface area contributed by atoms with Crippen LogP contribution in [0.5, 0.6) is 0 Å². The van der Waals surface area contributed by atoms with Crippen molar-refractivity contribution in [1.29, 1.82) is 0 Å². The zero-order chi connectivity index (χ0) is 21.4. The van der Waals surface area contributed by atoms with E-state index in [-0.39, 0.29) is 5.91 Å². The summed E-state index contributed by atoms with van der Waals surface area (Å²) in [6.07, 6.45) is 3.91. The first-order valence-corrected chi connectivity index (χ1v) is 10.9. The van der Waals surface area contributed by atoms with Gasteiger partial charge in [-0.05, 0) is 68.2 Å². The maximum Gasteiger partial charge on any atom is 0.276 e. The normalized spacial score (nSPS) is 13.1. The standard InChI is InChI=1S/C22H20BrN7O/c1-13-6-9-15(10-7-13)30-19-5-3-2-4-16(19)20(27-30)22(31)24-18-11-8-14(23)12-17(18)21-25-28-29-26-21/h6-12H,2-5H2,1H3,(H,24,31)(H,25,26,28,29). The summed E-state index contributed by atoms with van der Waals surface area (Å²) >= 11 is 3.46. The Morgan fingerprint density at radius 3 is 2.71 bits per heavy atom. The molecule has 31 heavy (non-hydrogen) atoms. The van der Waals surface area contributed by atoms with E-state index >= 15 is 0 Å². The number of nitrogens with zero attached hydrogens (tertiary/aromatic N) is 5. The van der Waals surface area contributed by atoms with Crippen LogP contribution in [0.4, 0.5) is 5.69 Å². The van der Waals surface area contributed by atoms with Gasteiger partial charge in [0.1, 0.15) is 0 Å². The van der Waals surface area contributed by atoms with Gasteiger partial charge in [-0.3, -0.25) is 4.79 Å². The van der Waals surface area contributed by atoms with Gasteiger partial charge in [0.2, 0.25) is 5.82 Å². The van der Waals surface area contributed by atoms with Gasteiger partial charge in [-0.15, -0.1) is 10.2 Å². The molecular formula is C22H20BrN7O. The molecule has 0 spiro atoms. The highest BCUT2D eigenvalue weighted by Gasteiger charge is 2.26. The van der Waals surface area contributed by atoms with Crippen LogP contribution in [0, 0.1) is 6.92 Å². The molecule has 0 unspecified atom stereocenters. The van der Waals surface area contributed by atoms with Gasteiger partial charge in [0.05, 0.1) is 11.4 Å². The van der Waals surface area contributed by atoms with Crippen molar-refractivity contribution in [3.05, 3.63) is 69.5 Å². The average Bonchev–Trinajstić information content (AvgIpc) is 3.44. The Hall–Kier alpha value is -3.33. The summed E-state index contributed by atoms with van der Waals surface area (Å²) in [5.41, 5.74) is 6.05. The highest BCUT2D eigenvalue weighted by atomic mass is 79.9. The largest absolute Gasteiger partial charge is 0.320 e. The summed E-state index contributed by atoms with van der Waals surface area (Å²) in [6.45, 7) is 2.06. The number of halogens is 1. The number of hydrogen-bond acceptors (Lipinski definition) is 5. The third-order valence-corrected chi connectivity index (χ3v) is 5.98. The Morgan fingerprint density at radius 1 is 1.13 bits per heavy atom. The van der Waals surface area contributed by atoms with Gasteiger partial charge in [0, 0.05) is 21.3 Å². The number of nitrogens with one attached hydrogen (secondary N) is 2. The van der Waals surface area contributed by atoms with Crippen LogP contribution in [0.3, 0.4) is 0 Å². The van der Waals surface area contributed by atoms with Crippen LogP contribution in [0.2, 0.25) is 0 Å². The molecule has 0 saturated heterocycles. The van der Waals surface area contributed by atoms with Gasteiger partial charge in [-0.2, -0.15) is 10.3 Å². The van der Waals surface area contributed by atoms with Crippen molar-refractivity contribution in [2.75, 3.05) is 5.32 Å². The number of H-pyrrole nitrogens is 1. The predicted octanol–water partition coefficient (Wildman–Crippen LogP) is 4.25. The zero-order valence-corrected chi connectivity index (χ0v) is 18.5. The van der Waals surface area contributed by atoms with E-state index in [0.29, 0.717) is 22.8 Å². The smallest absolute Gasteiger partial charge is 0.276 e. The molecule has 2 aromatic heterocycles. The van der Waals surface area contributed by atoms with Crippen LogP contribution in [0.15, 0.2) is 46.9 Å². The van der Waals surface area contributed by atoms with Crippen molar-refractivity contribution in [2.45, 2.75) is 32.6 Å². The summed E-state index contributed by atoms with van der Waals surface area (Å²) in [7, 11) is 0. The van der Waals surface area contributed by atoms with E-state index in [4.69, 9.17) is 5.10 Å². The summed E-state index contributed by atoms with van der Waals surface area (Å²) in [5.74, 6) is 0.167. The van der Waals surface area contributed by atoms with Crippen LogP contribution < -0.4 is 5.32 Å². The molecule has 0 bridgehead atoms. The summed E-state index contributed by atoms with van der Waals surface area (Å²) in [6, 6.07) is 13.7. The molecule has 0 atom stereocenters. The lowest BCUT2D eigenvalue weighted by Crippen LogP contribution is -2.16. The van der Waals surface area contributed by atoms with E-state index in [1.165, 1.54) is 5.56 Å². The minimum Gasteiger partial charge on any atom is -0.320 e. The molecular weight excluding hydrogens is 458 g/mol. The average molecular weight is 478 g/mol. The molecule has 8 nitrogen and oxygen atoms in total. The van der Waals surface area contributed by atoms with Crippen molar-refractivity contribution in [1.82, 2.24) is 30.4 Å². The molecule has 2 N–H and O–H groups in total. The summed E-state index contributed by atoms with van der Waals surface area (Å²) in [4.78, 5) is 13.3. The van der Waals surface area contributed by atoms with Crippen LogP contribution in [-0.4, -0.2) is 36.3 Å². The molecule has 4 aromatic rings. The number of amides is 1. The number of tetrazole rings is 1. The van der Waals surface area contributed by atoms with E-state index in [2.05, 4.69) is 60.9 Å². The van der Waals surface area contributed by atoms with Gasteiger partial charge in [0.25, 0.3) is 5.91 Å². The Morgan fingerprint density at radius 2 is 1.94 bits per heavy atom. The lowest BCUT2D eigenvalue weighted by atomic mass is 9.95. The van der Waals surface area contributed by atoms with Gasteiger partial charge < -0.3 is 5.32 Å². The van der Waals surface area contributed by atoms with Crippen molar-refractivity contribution in [3.8, 4) is 17.1 Å². The molecule has 5 rings (SSSR count). The predicted molar refractivity (Wildman–Crippen MR) is 120 cm³/mol. The van der Waals surface area contributed by atoms with Crippen LogP contribution in [0.25, 0.3) is 17.1 Å². The first-order valence-electron chi connectivity index (χ1n) is 10.1. The van der Waals surface area contributed by atoms with Crippen LogP contribution in [-0.2, 0) is 12.8 Å². The molecule has 0 aliphatic heterocycles. The van der Waals surface area contributed by atoms with Crippen molar-refractivity contribution >= 4 is 27.5 Å². The highest BCUT2D eigenvalue weighted by Crippen LogP contribution is 2.31. The fourth-order valence-corrected chi connectivity index (χ4v) is 4.31. The Kier molecular flexibility index (Phi) is 5.11. The lowest BCUT2D eigenvalue weighted by molar-refractivity contribution is 0.102. The molecule has 1 amide bonds. The number of carbonyl (C=O) groups excluding carboxylic acids is 1. The van der Waals surface area contributed by atoms with E-state index in [1.807, 2.05) is 35.0 Å². The number of aryl methyl sites for hydroxylation is 1. The van der Waals surface area contributed by atoms with Gasteiger partial charge >= 0.3 is 0 Å². The van der Waals surface area contributed by atoms with Crippen molar-refractivity contribution in [3.63, 3.8) is 0 Å². The summed E-state index contributed by atoms with van der Waals surface area (Å²) < 4.78 is 2.77. The molecule has 0 fully saturated rings. The fourth-order valence-electron chi connectivity index (χ4n) is 3.95. The van der Waals surface area contributed by atoms with Crippen molar-refractivity contribution in [2.24, 2.45) is 0 Å². The van der Waals surface area contributed by atoms with E-state index in [1.54, 1.807) is 0 Å². The second-order valence-electron chi connectivity index (χ2n) is 7.61. The highest BCUT2D eigenvalue weighted by molar-refractivity contribution is 9.10. The molecule has 0 saturated carbocycles. The van der Waals surface area contributed by atoms with Gasteiger partial charge in [0.15, 0.2) is 5.69 Å². The van der Waals surface area contributed by atoms with Gasteiger partial charge in [-0.25, -0.2) is 4.68 Å². The molecule has 9 heteroatoms. The third kappa shape index (κ3) is 3.76. The number of hydrogen-bond donors (Lipinski definition) is 2. The maximum atomic E-state index is 13.3. The molecule has 2 aromatic carbocycles. The molecule has 2 heterocycles. The second kappa shape index (κ2) is 8.07. The Labute approximate surface area is 187 Å². The van der Waals surface area contributed by atoms with Gasteiger partial charge in [-0.1, -0.05) is 33.6 Å². The minimum atomic E-state index is -0.240. The number of aromatic nitrogens is 6. The number of rotatable bonds is 4. The Balaban J connectivity index is 1.53. The van der Waals surface area contributed by atoms with E-state index in [0.717, 1.165) is 47.1 Å². The first-order chi connectivity index (χ1) is 15.1. The number of aromatic amines is 1. The fraction of sp³-hybridized carbons (Fsp3) is 0.227. The lowest BCUT2D eigenvalue weighted by Gasteiger charge is -2.14. The Bertz CT molecular complexity index is 1250. The van der Waals surface area contributed by atoms with Crippen LogP contribution in [0.1, 0.15) is 40.2 Å². The molecule has 156 valence electrons. The zero-order valence-electron chi connectivity index (χ0n) is 16.9. The monoisotopic (exact) mass is 477 g/mol. The SMILES string of the molecule is Cc1ccc(-n2nc(C(=O)Nc3ccc(Br)cc3-c3nn[nH]n3)c3c2CCCC3)cc1. The van der Waals surface area contributed by atoms with Crippen molar-refractivity contribution < 1.29 is 4.79 Å². The first kappa shape index (κ1) is 19.6.